The number of rotatable bonds is 7. The summed E-state index contributed by atoms with van der Waals surface area (Å²) in [5, 5.41) is 11.5. The Morgan fingerprint density at radius 2 is 2.08 bits per heavy atom. The van der Waals surface area contributed by atoms with Gasteiger partial charge in [-0.3, -0.25) is 9.59 Å². The summed E-state index contributed by atoms with van der Waals surface area (Å²) in [6.07, 6.45) is 6.57. The van der Waals surface area contributed by atoms with E-state index < -0.39 is 11.2 Å². The lowest BCUT2D eigenvalue weighted by atomic mass is 9.86. The fourth-order valence-corrected chi connectivity index (χ4v) is 5.12. The van der Waals surface area contributed by atoms with Crippen LogP contribution in [0.15, 0.2) is 29.2 Å². The number of carboxylic acids is 1. The summed E-state index contributed by atoms with van der Waals surface area (Å²) in [7, 11) is 0. The van der Waals surface area contributed by atoms with Gasteiger partial charge in [0.15, 0.2) is 0 Å². The molecule has 4 atom stereocenters. The SMILES string of the molecule is CC(Sc1ccccc1C(=O)NCCC1CC2CCC1C2)C(=O)O. The fourth-order valence-electron chi connectivity index (χ4n) is 4.19. The molecule has 0 saturated heterocycles. The van der Waals surface area contributed by atoms with E-state index in [1.165, 1.54) is 37.4 Å². The average molecular weight is 347 g/mol. The summed E-state index contributed by atoms with van der Waals surface area (Å²) in [5.41, 5.74) is 0.573. The van der Waals surface area contributed by atoms with E-state index in [9.17, 15) is 9.59 Å². The minimum Gasteiger partial charge on any atom is -0.480 e. The standard InChI is InChI=1S/C19H25NO3S/c1-12(19(22)23)24-17-5-3-2-4-16(17)18(21)20-9-8-15-11-13-6-7-14(15)10-13/h2-5,12-15H,6-11H2,1H3,(H,20,21)(H,22,23). The van der Waals surface area contributed by atoms with E-state index in [0.717, 1.165) is 29.1 Å². The summed E-state index contributed by atoms with van der Waals surface area (Å²) in [4.78, 5) is 24.3. The second kappa shape index (κ2) is 7.60. The first-order valence-corrected chi connectivity index (χ1v) is 9.69. The molecule has 2 aliphatic rings. The van der Waals surface area contributed by atoms with Crippen molar-refractivity contribution in [1.82, 2.24) is 5.32 Å². The second-order valence-corrected chi connectivity index (χ2v) is 8.46. The molecular weight excluding hydrogens is 322 g/mol. The molecule has 130 valence electrons. The monoisotopic (exact) mass is 347 g/mol. The molecule has 2 saturated carbocycles. The van der Waals surface area contributed by atoms with Gasteiger partial charge in [-0.05, 0) is 62.5 Å². The number of nitrogens with one attached hydrogen (secondary N) is 1. The smallest absolute Gasteiger partial charge is 0.316 e. The van der Waals surface area contributed by atoms with Crippen molar-refractivity contribution in [2.45, 2.75) is 49.2 Å². The zero-order chi connectivity index (χ0) is 17.1. The molecule has 1 aromatic rings. The molecular formula is C19H25NO3S. The number of hydrogen-bond acceptors (Lipinski definition) is 3. The molecule has 0 heterocycles. The van der Waals surface area contributed by atoms with Gasteiger partial charge in [0.1, 0.15) is 5.25 Å². The Balaban J connectivity index is 1.54. The average Bonchev–Trinajstić information content (AvgIpc) is 3.18. The van der Waals surface area contributed by atoms with E-state index in [0.29, 0.717) is 12.1 Å². The van der Waals surface area contributed by atoms with Crippen LogP contribution in [0.3, 0.4) is 0 Å². The molecule has 2 fully saturated rings. The molecule has 3 rings (SSSR count). The number of fused-ring (bicyclic) bond motifs is 2. The van der Waals surface area contributed by atoms with E-state index >= 15 is 0 Å². The van der Waals surface area contributed by atoms with Crippen LogP contribution in [-0.4, -0.2) is 28.8 Å². The molecule has 24 heavy (non-hydrogen) atoms. The summed E-state index contributed by atoms with van der Waals surface area (Å²) in [6, 6.07) is 7.24. The quantitative estimate of drug-likeness (QED) is 0.736. The third-order valence-corrected chi connectivity index (χ3v) is 6.63. The molecule has 0 aromatic heterocycles. The highest BCUT2D eigenvalue weighted by atomic mass is 32.2. The first-order chi connectivity index (χ1) is 11.5. The lowest BCUT2D eigenvalue weighted by Gasteiger charge is -2.21. The number of aliphatic carboxylic acids is 1. The van der Waals surface area contributed by atoms with E-state index in [1.54, 1.807) is 13.0 Å². The fraction of sp³-hybridized carbons (Fsp3) is 0.579. The molecule has 4 nitrogen and oxygen atoms in total. The highest BCUT2D eigenvalue weighted by molar-refractivity contribution is 8.00. The number of carbonyl (C=O) groups excluding carboxylic acids is 1. The van der Waals surface area contributed by atoms with Crippen LogP contribution in [0.2, 0.25) is 0 Å². The van der Waals surface area contributed by atoms with Crippen LogP contribution >= 0.6 is 11.8 Å². The highest BCUT2D eigenvalue weighted by Gasteiger charge is 2.38. The maximum atomic E-state index is 12.5. The minimum absolute atomic E-state index is 0.0983. The van der Waals surface area contributed by atoms with Crippen LogP contribution in [0.25, 0.3) is 0 Å². The van der Waals surface area contributed by atoms with Crippen molar-refractivity contribution in [2.75, 3.05) is 6.54 Å². The molecule has 0 aliphatic heterocycles. The molecule has 2 aliphatic carbocycles. The van der Waals surface area contributed by atoms with Crippen LogP contribution in [0.1, 0.15) is 49.4 Å². The first-order valence-electron chi connectivity index (χ1n) is 8.81. The maximum Gasteiger partial charge on any atom is 0.316 e. The van der Waals surface area contributed by atoms with Crippen LogP contribution in [0, 0.1) is 17.8 Å². The van der Waals surface area contributed by atoms with Crippen molar-refractivity contribution in [2.24, 2.45) is 17.8 Å². The van der Waals surface area contributed by atoms with Gasteiger partial charge >= 0.3 is 5.97 Å². The Kier molecular flexibility index (Phi) is 5.49. The third kappa shape index (κ3) is 3.94. The van der Waals surface area contributed by atoms with Crippen molar-refractivity contribution in [3.8, 4) is 0 Å². The predicted molar refractivity (Wildman–Crippen MR) is 95.3 cm³/mol. The van der Waals surface area contributed by atoms with Crippen molar-refractivity contribution in [1.29, 1.82) is 0 Å². The Hall–Kier alpha value is -1.49. The van der Waals surface area contributed by atoms with Crippen LogP contribution < -0.4 is 5.32 Å². The van der Waals surface area contributed by atoms with Gasteiger partial charge in [0.05, 0.1) is 5.56 Å². The molecule has 4 unspecified atom stereocenters. The van der Waals surface area contributed by atoms with E-state index in [1.807, 2.05) is 18.2 Å². The zero-order valence-corrected chi connectivity index (χ0v) is 14.8. The third-order valence-electron chi connectivity index (χ3n) is 5.47. The van der Waals surface area contributed by atoms with E-state index in [-0.39, 0.29) is 5.91 Å². The van der Waals surface area contributed by atoms with E-state index in [2.05, 4.69) is 5.32 Å². The molecule has 0 spiro atoms. The first kappa shape index (κ1) is 17.3. The number of benzene rings is 1. The largest absolute Gasteiger partial charge is 0.480 e. The van der Waals surface area contributed by atoms with Gasteiger partial charge in [-0.1, -0.05) is 18.6 Å². The van der Waals surface area contributed by atoms with Gasteiger partial charge in [-0.2, -0.15) is 0 Å². The minimum atomic E-state index is -0.869. The van der Waals surface area contributed by atoms with Crippen molar-refractivity contribution >= 4 is 23.6 Å². The van der Waals surface area contributed by atoms with Crippen LogP contribution in [0.4, 0.5) is 0 Å². The van der Waals surface area contributed by atoms with Gasteiger partial charge in [0, 0.05) is 11.4 Å². The molecule has 5 heteroatoms. The normalized spacial score (nSPS) is 26.3. The second-order valence-electron chi connectivity index (χ2n) is 7.07. The Morgan fingerprint density at radius 1 is 1.29 bits per heavy atom. The topological polar surface area (TPSA) is 66.4 Å². The lowest BCUT2D eigenvalue weighted by Crippen LogP contribution is -2.27. The van der Waals surface area contributed by atoms with Crippen molar-refractivity contribution in [3.63, 3.8) is 0 Å². The predicted octanol–water partition coefficient (Wildman–Crippen LogP) is 3.81. The number of carboxylic acid groups (broad SMARTS) is 1. The molecule has 1 amide bonds. The zero-order valence-electron chi connectivity index (χ0n) is 14.0. The summed E-state index contributed by atoms with van der Waals surface area (Å²) >= 11 is 1.21. The summed E-state index contributed by atoms with van der Waals surface area (Å²) in [6.45, 7) is 2.34. The molecule has 2 N–H and O–H groups in total. The van der Waals surface area contributed by atoms with Crippen LogP contribution in [0.5, 0.6) is 0 Å². The number of thioether (sulfide) groups is 1. The Bertz CT molecular complexity index is 618. The van der Waals surface area contributed by atoms with Gasteiger partial charge in [-0.25, -0.2) is 0 Å². The van der Waals surface area contributed by atoms with Crippen molar-refractivity contribution < 1.29 is 14.7 Å². The summed E-state index contributed by atoms with van der Waals surface area (Å²) < 4.78 is 0. The molecule has 2 bridgehead atoms. The number of hydrogen-bond donors (Lipinski definition) is 2. The van der Waals surface area contributed by atoms with E-state index in [4.69, 9.17) is 5.11 Å². The molecule has 1 aromatic carbocycles. The lowest BCUT2D eigenvalue weighted by molar-refractivity contribution is -0.136. The Morgan fingerprint density at radius 3 is 2.75 bits per heavy atom. The molecule has 0 radical (unpaired) electrons. The van der Waals surface area contributed by atoms with Gasteiger partial charge in [-0.15, -0.1) is 11.8 Å². The van der Waals surface area contributed by atoms with Crippen LogP contribution in [-0.2, 0) is 4.79 Å². The van der Waals surface area contributed by atoms with Crippen molar-refractivity contribution in [3.05, 3.63) is 29.8 Å². The maximum absolute atomic E-state index is 12.5. The van der Waals surface area contributed by atoms with Gasteiger partial charge in [0.25, 0.3) is 5.91 Å². The van der Waals surface area contributed by atoms with Gasteiger partial charge in [0.2, 0.25) is 0 Å². The highest BCUT2D eigenvalue weighted by Crippen LogP contribution is 2.49. The summed E-state index contributed by atoms with van der Waals surface area (Å²) in [5.74, 6) is 1.63. The van der Waals surface area contributed by atoms with Gasteiger partial charge < -0.3 is 10.4 Å². The number of carbonyl (C=O) groups is 2. The Labute approximate surface area is 147 Å². The number of amides is 1.